The van der Waals surface area contributed by atoms with Gasteiger partial charge in [-0.25, -0.2) is 9.59 Å². The van der Waals surface area contributed by atoms with Gasteiger partial charge in [0.15, 0.2) is 5.78 Å². The molecule has 0 aromatic heterocycles. The van der Waals surface area contributed by atoms with Crippen molar-refractivity contribution in [2.75, 3.05) is 19.6 Å². The lowest BCUT2D eigenvalue weighted by molar-refractivity contribution is -0.124. The Morgan fingerprint density at radius 2 is 1.79 bits per heavy atom. The maximum atomic E-state index is 12.0. The third-order valence-electron chi connectivity index (χ3n) is 2.75. The number of ketones is 1. The molecule has 0 bridgehead atoms. The normalized spacial score (nSPS) is 20.1. The summed E-state index contributed by atoms with van der Waals surface area (Å²) in [6.07, 6.45) is -1.67. The molecular weight excluding hydrogens is 252 g/mol. The summed E-state index contributed by atoms with van der Waals surface area (Å²) in [5.74, 6) is -0.253. The average Bonchev–Trinajstić information content (AvgIpc) is 2.25. The summed E-state index contributed by atoms with van der Waals surface area (Å²) in [7, 11) is 0. The fourth-order valence-corrected chi connectivity index (χ4v) is 1.84. The van der Waals surface area contributed by atoms with E-state index >= 15 is 0 Å². The monoisotopic (exact) mass is 272 g/mol. The maximum absolute atomic E-state index is 12.0. The number of ether oxygens (including phenoxy) is 1. The van der Waals surface area contributed by atoms with Gasteiger partial charge in [-0.3, -0.25) is 9.69 Å². The summed E-state index contributed by atoms with van der Waals surface area (Å²) < 4.78 is 5.22. The Balaban J connectivity index is 2.80. The highest BCUT2D eigenvalue weighted by atomic mass is 16.6. The molecule has 0 aromatic rings. The van der Waals surface area contributed by atoms with Crippen LogP contribution in [0.2, 0.25) is 0 Å². The molecule has 1 aliphatic heterocycles. The summed E-state index contributed by atoms with van der Waals surface area (Å²) in [4.78, 5) is 36.9. The number of carboxylic acid groups (broad SMARTS) is 1. The first-order valence-corrected chi connectivity index (χ1v) is 6.10. The molecule has 1 fully saturated rings. The Labute approximate surface area is 112 Å². The van der Waals surface area contributed by atoms with Crippen molar-refractivity contribution in [2.24, 2.45) is 0 Å². The van der Waals surface area contributed by atoms with Crippen LogP contribution in [0.1, 0.15) is 27.7 Å². The van der Waals surface area contributed by atoms with Crippen LogP contribution in [0.4, 0.5) is 9.59 Å². The lowest BCUT2D eigenvalue weighted by Crippen LogP contribution is -2.59. The van der Waals surface area contributed by atoms with Crippen LogP contribution in [0, 0.1) is 0 Å². The minimum Gasteiger partial charge on any atom is -0.465 e. The summed E-state index contributed by atoms with van der Waals surface area (Å²) in [5, 5.41) is 8.93. The van der Waals surface area contributed by atoms with Gasteiger partial charge >= 0.3 is 12.2 Å². The Bertz CT molecular complexity index is 388. The van der Waals surface area contributed by atoms with Crippen LogP contribution in [0.25, 0.3) is 0 Å². The Morgan fingerprint density at radius 1 is 1.21 bits per heavy atom. The highest BCUT2D eigenvalue weighted by molar-refractivity contribution is 5.86. The molecule has 2 amide bonds. The van der Waals surface area contributed by atoms with E-state index in [4.69, 9.17) is 9.84 Å². The molecule has 1 unspecified atom stereocenters. The molecule has 0 radical (unpaired) electrons. The molecule has 1 rings (SSSR count). The highest BCUT2D eigenvalue weighted by Crippen LogP contribution is 2.16. The number of hydrogen-bond donors (Lipinski definition) is 1. The first-order chi connectivity index (χ1) is 8.61. The van der Waals surface area contributed by atoms with E-state index in [1.165, 1.54) is 11.8 Å². The molecule has 19 heavy (non-hydrogen) atoms. The van der Waals surface area contributed by atoms with Crippen molar-refractivity contribution >= 4 is 18.0 Å². The van der Waals surface area contributed by atoms with Gasteiger partial charge < -0.3 is 14.7 Å². The van der Waals surface area contributed by atoms with E-state index in [0.717, 1.165) is 4.90 Å². The van der Waals surface area contributed by atoms with Crippen LogP contribution in [-0.4, -0.2) is 64.2 Å². The van der Waals surface area contributed by atoms with E-state index < -0.39 is 23.8 Å². The Morgan fingerprint density at radius 3 is 2.21 bits per heavy atom. The lowest BCUT2D eigenvalue weighted by Gasteiger charge is -2.39. The van der Waals surface area contributed by atoms with Gasteiger partial charge in [0.05, 0.1) is 6.54 Å². The van der Waals surface area contributed by atoms with Crippen LogP contribution in [-0.2, 0) is 9.53 Å². The van der Waals surface area contributed by atoms with Crippen molar-refractivity contribution in [3.05, 3.63) is 0 Å². The smallest absolute Gasteiger partial charge is 0.411 e. The van der Waals surface area contributed by atoms with E-state index in [2.05, 4.69) is 0 Å². The summed E-state index contributed by atoms with van der Waals surface area (Å²) in [6.45, 7) is 6.88. The fraction of sp³-hybridized carbons (Fsp3) is 0.750. The van der Waals surface area contributed by atoms with Crippen LogP contribution in [0.15, 0.2) is 0 Å². The number of rotatable bonds is 1. The number of amides is 2. The molecule has 1 N–H and O–H groups in total. The van der Waals surface area contributed by atoms with E-state index in [1.807, 2.05) is 0 Å². The highest BCUT2D eigenvalue weighted by Gasteiger charge is 2.37. The van der Waals surface area contributed by atoms with Gasteiger partial charge in [-0.15, -0.1) is 0 Å². The molecular formula is C12H20N2O5. The maximum Gasteiger partial charge on any atom is 0.411 e. The van der Waals surface area contributed by atoms with Crippen molar-refractivity contribution < 1.29 is 24.2 Å². The molecule has 0 saturated carbocycles. The quantitative estimate of drug-likeness (QED) is 0.774. The molecule has 1 aliphatic rings. The first kappa shape index (κ1) is 15.3. The minimum atomic E-state index is -1.09. The predicted octanol–water partition coefficient (Wildman–Crippen LogP) is 1.17. The molecule has 7 heteroatoms. The van der Waals surface area contributed by atoms with Gasteiger partial charge in [0.1, 0.15) is 11.6 Å². The van der Waals surface area contributed by atoms with E-state index in [0.29, 0.717) is 0 Å². The summed E-state index contributed by atoms with van der Waals surface area (Å²) in [5.41, 5.74) is -0.650. The van der Waals surface area contributed by atoms with E-state index in [-0.39, 0.29) is 25.4 Å². The SMILES string of the molecule is CC(=O)C1CN(C(=O)O)CCN1C(=O)OC(C)(C)C. The molecule has 7 nitrogen and oxygen atoms in total. The number of carbonyl (C=O) groups excluding carboxylic acids is 2. The summed E-state index contributed by atoms with van der Waals surface area (Å²) in [6, 6.07) is -0.778. The minimum absolute atomic E-state index is 0.0100. The molecule has 0 spiro atoms. The zero-order chi connectivity index (χ0) is 14.8. The van der Waals surface area contributed by atoms with Gasteiger partial charge in [-0.2, -0.15) is 0 Å². The zero-order valence-corrected chi connectivity index (χ0v) is 11.7. The van der Waals surface area contributed by atoms with Gasteiger partial charge in [-0.05, 0) is 27.7 Å². The van der Waals surface area contributed by atoms with E-state index in [1.54, 1.807) is 20.8 Å². The summed E-state index contributed by atoms with van der Waals surface area (Å²) >= 11 is 0. The second-order valence-corrected chi connectivity index (χ2v) is 5.53. The van der Waals surface area contributed by atoms with Crippen LogP contribution in [0.3, 0.4) is 0 Å². The van der Waals surface area contributed by atoms with Gasteiger partial charge in [-0.1, -0.05) is 0 Å². The number of Topliss-reactive ketones (excluding diaryl/α,β-unsaturated/α-hetero) is 1. The largest absolute Gasteiger partial charge is 0.465 e. The number of nitrogens with zero attached hydrogens (tertiary/aromatic N) is 2. The zero-order valence-electron chi connectivity index (χ0n) is 11.7. The van der Waals surface area contributed by atoms with Gasteiger partial charge in [0.25, 0.3) is 0 Å². The fourth-order valence-electron chi connectivity index (χ4n) is 1.84. The van der Waals surface area contributed by atoms with E-state index in [9.17, 15) is 14.4 Å². The molecule has 0 aliphatic carbocycles. The van der Waals surface area contributed by atoms with Crippen molar-refractivity contribution in [1.29, 1.82) is 0 Å². The first-order valence-electron chi connectivity index (χ1n) is 6.10. The molecule has 1 saturated heterocycles. The predicted molar refractivity (Wildman–Crippen MR) is 67.0 cm³/mol. The standard InChI is InChI=1S/C12H20N2O5/c1-8(15)9-7-13(10(16)17)5-6-14(9)11(18)19-12(2,3)4/h9H,5-7H2,1-4H3,(H,16,17). The van der Waals surface area contributed by atoms with Crippen molar-refractivity contribution in [1.82, 2.24) is 9.80 Å². The van der Waals surface area contributed by atoms with Crippen molar-refractivity contribution in [3.8, 4) is 0 Å². The second kappa shape index (κ2) is 5.46. The Kier molecular flexibility index (Phi) is 4.39. The number of piperazine rings is 1. The van der Waals surface area contributed by atoms with Crippen LogP contribution >= 0.6 is 0 Å². The number of hydrogen-bond acceptors (Lipinski definition) is 4. The average molecular weight is 272 g/mol. The lowest BCUT2D eigenvalue weighted by atomic mass is 10.1. The molecule has 108 valence electrons. The third-order valence-corrected chi connectivity index (χ3v) is 2.75. The second-order valence-electron chi connectivity index (χ2n) is 5.53. The van der Waals surface area contributed by atoms with Crippen molar-refractivity contribution in [2.45, 2.75) is 39.3 Å². The molecule has 1 heterocycles. The topological polar surface area (TPSA) is 87.2 Å². The third kappa shape index (κ3) is 4.11. The van der Waals surface area contributed by atoms with Gasteiger partial charge in [0, 0.05) is 13.1 Å². The van der Waals surface area contributed by atoms with Crippen LogP contribution < -0.4 is 0 Å². The number of carbonyl (C=O) groups is 3. The van der Waals surface area contributed by atoms with Gasteiger partial charge in [0.2, 0.25) is 0 Å². The van der Waals surface area contributed by atoms with Crippen LogP contribution in [0.5, 0.6) is 0 Å². The molecule has 1 atom stereocenters. The molecule has 0 aromatic carbocycles. The Hall–Kier alpha value is -1.79. The van der Waals surface area contributed by atoms with Crippen molar-refractivity contribution in [3.63, 3.8) is 0 Å².